The maximum Gasteiger partial charge on any atom is 0.0406 e. The van der Waals surface area contributed by atoms with Gasteiger partial charge in [-0.1, -0.05) is 33.6 Å². The van der Waals surface area contributed by atoms with E-state index in [1.54, 1.807) is 0 Å². The highest BCUT2D eigenvalue weighted by atomic mass is 35.5. The van der Waals surface area contributed by atoms with Crippen molar-refractivity contribution in [2.45, 2.75) is 58.4 Å². The molecular weight excluding hydrogens is 206 g/mol. The summed E-state index contributed by atoms with van der Waals surface area (Å²) in [6.07, 6.45) is 6.49. The van der Waals surface area contributed by atoms with Gasteiger partial charge < -0.3 is 5.32 Å². The van der Waals surface area contributed by atoms with E-state index in [-0.39, 0.29) is 5.54 Å². The summed E-state index contributed by atoms with van der Waals surface area (Å²) in [4.78, 5) is 0. The van der Waals surface area contributed by atoms with Gasteiger partial charge in [0.1, 0.15) is 0 Å². The second kappa shape index (κ2) is 6.10. The monoisotopic (exact) mass is 231 g/mol. The Balaban J connectivity index is 2.38. The Morgan fingerprint density at radius 3 is 2.73 bits per heavy atom. The number of hydrogen-bond acceptors (Lipinski definition) is 1. The zero-order valence-electron chi connectivity index (χ0n) is 10.5. The quantitative estimate of drug-likeness (QED) is 0.710. The minimum absolute atomic E-state index is 0.244. The molecule has 1 rings (SSSR count). The lowest BCUT2D eigenvalue weighted by Crippen LogP contribution is -2.50. The molecule has 0 heterocycles. The molecule has 0 aromatic rings. The van der Waals surface area contributed by atoms with Crippen LogP contribution in [0.2, 0.25) is 0 Å². The van der Waals surface area contributed by atoms with Crippen LogP contribution in [0.15, 0.2) is 0 Å². The Morgan fingerprint density at radius 2 is 2.20 bits per heavy atom. The summed E-state index contributed by atoms with van der Waals surface area (Å²) in [5.74, 6) is 2.39. The van der Waals surface area contributed by atoms with Crippen LogP contribution < -0.4 is 5.32 Å². The third-order valence-corrected chi connectivity index (χ3v) is 4.08. The van der Waals surface area contributed by atoms with E-state index < -0.39 is 0 Å². The molecule has 2 unspecified atom stereocenters. The van der Waals surface area contributed by atoms with E-state index in [1.807, 2.05) is 0 Å². The molecule has 0 amide bonds. The first kappa shape index (κ1) is 13.3. The highest BCUT2D eigenvalue weighted by Gasteiger charge is 2.33. The molecule has 0 saturated heterocycles. The van der Waals surface area contributed by atoms with Crippen LogP contribution in [0, 0.1) is 11.8 Å². The van der Waals surface area contributed by atoms with Gasteiger partial charge in [0.25, 0.3) is 0 Å². The molecule has 0 aliphatic heterocycles. The van der Waals surface area contributed by atoms with Crippen LogP contribution in [0.4, 0.5) is 0 Å². The zero-order valence-corrected chi connectivity index (χ0v) is 11.2. The highest BCUT2D eigenvalue weighted by molar-refractivity contribution is 6.18. The number of halogens is 1. The molecule has 0 aromatic heterocycles. The average Bonchev–Trinajstić information content (AvgIpc) is 2.17. The summed E-state index contributed by atoms with van der Waals surface area (Å²) >= 11 is 6.16. The lowest BCUT2D eigenvalue weighted by Gasteiger charge is -2.40. The summed E-state index contributed by atoms with van der Waals surface area (Å²) in [6.45, 7) is 8.03. The Hall–Kier alpha value is 0.250. The first-order valence-corrected chi connectivity index (χ1v) is 6.92. The van der Waals surface area contributed by atoms with Crippen molar-refractivity contribution in [3.8, 4) is 0 Å². The van der Waals surface area contributed by atoms with Gasteiger partial charge in [-0.15, -0.1) is 11.6 Å². The standard InChI is InChI=1S/C13H26ClN/c1-11(2)6-8-15-13(10-14)7-4-5-12(3)9-13/h11-12,15H,4-10H2,1-3H3. The van der Waals surface area contributed by atoms with Gasteiger partial charge >= 0.3 is 0 Å². The minimum Gasteiger partial charge on any atom is -0.310 e. The van der Waals surface area contributed by atoms with Crippen molar-refractivity contribution in [3.63, 3.8) is 0 Å². The van der Waals surface area contributed by atoms with Crippen molar-refractivity contribution in [2.24, 2.45) is 11.8 Å². The van der Waals surface area contributed by atoms with E-state index in [0.717, 1.165) is 24.3 Å². The van der Waals surface area contributed by atoms with Gasteiger partial charge in [-0.25, -0.2) is 0 Å². The van der Waals surface area contributed by atoms with Crippen molar-refractivity contribution in [1.29, 1.82) is 0 Å². The van der Waals surface area contributed by atoms with Gasteiger partial charge in [-0.05, 0) is 37.6 Å². The van der Waals surface area contributed by atoms with E-state index in [0.29, 0.717) is 0 Å². The summed E-state index contributed by atoms with van der Waals surface area (Å²) in [5.41, 5.74) is 0.244. The summed E-state index contributed by atoms with van der Waals surface area (Å²) in [7, 11) is 0. The molecule has 0 radical (unpaired) electrons. The van der Waals surface area contributed by atoms with Crippen molar-refractivity contribution in [1.82, 2.24) is 5.32 Å². The van der Waals surface area contributed by atoms with Crippen molar-refractivity contribution < 1.29 is 0 Å². The fraction of sp³-hybridized carbons (Fsp3) is 1.00. The maximum atomic E-state index is 6.16. The topological polar surface area (TPSA) is 12.0 Å². The average molecular weight is 232 g/mol. The Kier molecular flexibility index (Phi) is 5.42. The fourth-order valence-electron chi connectivity index (χ4n) is 2.62. The maximum absolute atomic E-state index is 6.16. The molecule has 1 nitrogen and oxygen atoms in total. The summed E-state index contributed by atoms with van der Waals surface area (Å²) < 4.78 is 0. The fourth-order valence-corrected chi connectivity index (χ4v) is 2.95. The third kappa shape index (κ3) is 4.32. The van der Waals surface area contributed by atoms with Crippen LogP contribution in [0.3, 0.4) is 0 Å². The highest BCUT2D eigenvalue weighted by Crippen LogP contribution is 2.33. The van der Waals surface area contributed by atoms with Gasteiger partial charge in [0, 0.05) is 11.4 Å². The second-order valence-electron chi connectivity index (χ2n) is 5.72. The zero-order chi connectivity index (χ0) is 11.3. The Labute approximate surface area is 100.0 Å². The molecule has 1 saturated carbocycles. The molecule has 0 bridgehead atoms. The van der Waals surface area contributed by atoms with Crippen LogP contribution in [-0.4, -0.2) is 18.0 Å². The molecule has 0 spiro atoms. The van der Waals surface area contributed by atoms with Gasteiger partial charge in [-0.3, -0.25) is 0 Å². The smallest absolute Gasteiger partial charge is 0.0406 e. The van der Waals surface area contributed by atoms with Gasteiger partial charge in [0.15, 0.2) is 0 Å². The molecule has 15 heavy (non-hydrogen) atoms. The van der Waals surface area contributed by atoms with Crippen molar-refractivity contribution in [3.05, 3.63) is 0 Å². The van der Waals surface area contributed by atoms with Crippen LogP contribution in [0.25, 0.3) is 0 Å². The Bertz CT molecular complexity index is 181. The van der Waals surface area contributed by atoms with Crippen molar-refractivity contribution in [2.75, 3.05) is 12.4 Å². The summed E-state index contributed by atoms with van der Waals surface area (Å²) in [5, 5.41) is 3.71. The third-order valence-electron chi connectivity index (χ3n) is 3.57. The predicted octanol–water partition coefficient (Wildman–Crippen LogP) is 3.81. The second-order valence-corrected chi connectivity index (χ2v) is 5.99. The molecule has 2 atom stereocenters. The van der Waals surface area contributed by atoms with E-state index in [9.17, 15) is 0 Å². The van der Waals surface area contributed by atoms with E-state index >= 15 is 0 Å². The number of hydrogen-bond donors (Lipinski definition) is 1. The lowest BCUT2D eigenvalue weighted by atomic mass is 9.77. The summed E-state index contributed by atoms with van der Waals surface area (Å²) in [6, 6.07) is 0. The predicted molar refractivity (Wildman–Crippen MR) is 68.5 cm³/mol. The molecule has 2 heteroatoms. The van der Waals surface area contributed by atoms with E-state index in [1.165, 1.54) is 32.1 Å². The lowest BCUT2D eigenvalue weighted by molar-refractivity contribution is 0.207. The number of rotatable bonds is 5. The first-order chi connectivity index (χ1) is 7.08. The first-order valence-electron chi connectivity index (χ1n) is 6.39. The molecule has 1 aliphatic rings. The largest absolute Gasteiger partial charge is 0.310 e. The molecule has 90 valence electrons. The minimum atomic E-state index is 0.244. The number of alkyl halides is 1. The molecule has 1 aliphatic carbocycles. The SMILES string of the molecule is CC(C)CCNC1(CCl)CCCC(C)C1. The molecular formula is C13H26ClN. The van der Waals surface area contributed by atoms with Crippen molar-refractivity contribution >= 4 is 11.6 Å². The van der Waals surface area contributed by atoms with Crippen LogP contribution in [-0.2, 0) is 0 Å². The van der Waals surface area contributed by atoms with Gasteiger partial charge in [0.2, 0.25) is 0 Å². The van der Waals surface area contributed by atoms with E-state index in [2.05, 4.69) is 26.1 Å². The van der Waals surface area contributed by atoms with Gasteiger partial charge in [-0.2, -0.15) is 0 Å². The van der Waals surface area contributed by atoms with Crippen LogP contribution in [0.5, 0.6) is 0 Å². The van der Waals surface area contributed by atoms with E-state index in [4.69, 9.17) is 11.6 Å². The van der Waals surface area contributed by atoms with Crippen LogP contribution in [0.1, 0.15) is 52.9 Å². The Morgan fingerprint density at radius 1 is 1.47 bits per heavy atom. The van der Waals surface area contributed by atoms with Gasteiger partial charge in [0.05, 0.1) is 0 Å². The molecule has 1 N–H and O–H groups in total. The molecule has 0 aromatic carbocycles. The van der Waals surface area contributed by atoms with Crippen LogP contribution >= 0.6 is 11.6 Å². The normalized spacial score (nSPS) is 32.2. The number of nitrogens with one attached hydrogen (secondary N) is 1. The molecule has 1 fully saturated rings.